The molecular formula is BaO2Zn. The van der Waals surface area contributed by atoms with Gasteiger partial charge in [-0.25, -0.2) is 0 Å². The fourth-order valence-corrected chi connectivity index (χ4v) is 0. The maximum Gasteiger partial charge on any atom is 2.00 e. The predicted molar refractivity (Wildman–Crippen MR) is 7.13 cm³/mol. The van der Waals surface area contributed by atoms with E-state index in [-0.39, 0.29) is 79.3 Å². The van der Waals surface area contributed by atoms with Crippen molar-refractivity contribution >= 4 is 48.9 Å². The first-order chi connectivity index (χ1) is 0. The molecule has 0 aliphatic rings. The zero-order valence-corrected chi connectivity index (χ0v) is 9.64. The van der Waals surface area contributed by atoms with Crippen molar-refractivity contribution in [3.05, 3.63) is 0 Å². The first-order valence-electron chi connectivity index (χ1n) is 0. The van der Waals surface area contributed by atoms with Gasteiger partial charge in [0.15, 0.2) is 0 Å². The van der Waals surface area contributed by atoms with Crippen molar-refractivity contribution in [2.45, 2.75) is 0 Å². The van der Waals surface area contributed by atoms with E-state index in [1.807, 2.05) is 0 Å². The van der Waals surface area contributed by atoms with E-state index in [0.717, 1.165) is 0 Å². The van der Waals surface area contributed by atoms with Gasteiger partial charge in [-0.15, -0.1) is 0 Å². The van der Waals surface area contributed by atoms with Gasteiger partial charge in [0, 0.05) is 0 Å². The van der Waals surface area contributed by atoms with Gasteiger partial charge in [-0.05, 0) is 0 Å². The van der Waals surface area contributed by atoms with E-state index in [2.05, 4.69) is 0 Å². The number of hydrogen-bond acceptors (Lipinski definition) is 0. The second-order valence-corrected chi connectivity index (χ2v) is 0. The van der Waals surface area contributed by atoms with Gasteiger partial charge in [0.1, 0.15) is 0 Å². The Bertz CT molecular complexity index is 6.00. The van der Waals surface area contributed by atoms with Crippen LogP contribution in [0, 0.1) is 0 Å². The molecule has 0 atom stereocenters. The molecule has 0 rings (SSSR count). The molecule has 0 bridgehead atoms. The molecule has 4 heteroatoms. The topological polar surface area (TPSA) is 57.0 Å². The van der Waals surface area contributed by atoms with Crippen molar-refractivity contribution in [3.63, 3.8) is 0 Å². The molecule has 0 heterocycles. The summed E-state index contributed by atoms with van der Waals surface area (Å²) in [5.74, 6) is 0. The molecule has 4 heavy (non-hydrogen) atoms. The fourth-order valence-electron chi connectivity index (χ4n) is 0. The Morgan fingerprint density at radius 2 is 0.750 bits per heavy atom. The van der Waals surface area contributed by atoms with E-state index in [0.29, 0.717) is 0 Å². The molecule has 0 radical (unpaired) electrons. The van der Waals surface area contributed by atoms with Crippen LogP contribution in [0.3, 0.4) is 0 Å². The van der Waals surface area contributed by atoms with Gasteiger partial charge in [-0.1, -0.05) is 0 Å². The number of hydrogen-bond donors (Lipinski definition) is 0. The van der Waals surface area contributed by atoms with E-state index in [4.69, 9.17) is 0 Å². The molecule has 0 saturated carbocycles. The van der Waals surface area contributed by atoms with E-state index in [1.165, 1.54) is 0 Å². The first kappa shape index (κ1) is 35.8. The summed E-state index contributed by atoms with van der Waals surface area (Å²) in [6.07, 6.45) is 0. The van der Waals surface area contributed by atoms with Gasteiger partial charge < -0.3 is 11.0 Å². The minimum Gasteiger partial charge on any atom is -2.00 e. The van der Waals surface area contributed by atoms with Crippen molar-refractivity contribution in [3.8, 4) is 0 Å². The third-order valence-electron chi connectivity index (χ3n) is 0. The van der Waals surface area contributed by atoms with Crippen molar-refractivity contribution < 1.29 is 30.4 Å². The Hall–Kier alpha value is 2.11. The molecule has 0 aromatic carbocycles. The summed E-state index contributed by atoms with van der Waals surface area (Å²) in [6.45, 7) is 0. The van der Waals surface area contributed by atoms with Crippen molar-refractivity contribution in [1.82, 2.24) is 0 Å². The molecule has 0 unspecified atom stereocenters. The first-order valence-corrected chi connectivity index (χ1v) is 0. The van der Waals surface area contributed by atoms with Crippen LogP contribution < -0.4 is 0 Å². The average molecular weight is 235 g/mol. The fraction of sp³-hybridized carbons (Fsp3) is 0. The predicted octanol–water partition coefficient (Wildman–Crippen LogP) is -0.621. The van der Waals surface area contributed by atoms with Crippen LogP contribution in [0.15, 0.2) is 0 Å². The minimum absolute atomic E-state index is 0. The third-order valence-corrected chi connectivity index (χ3v) is 0. The standard InChI is InChI=1S/Ba.2O.Zn/q+2;2*-2;+2. The summed E-state index contributed by atoms with van der Waals surface area (Å²) in [6, 6.07) is 0. The zero-order chi connectivity index (χ0) is 0. The molecule has 2 nitrogen and oxygen atoms in total. The molecule has 0 saturated heterocycles. The van der Waals surface area contributed by atoms with E-state index >= 15 is 0 Å². The maximum absolute atomic E-state index is 0. The molecule has 0 aromatic rings. The van der Waals surface area contributed by atoms with Crippen LogP contribution in [0.5, 0.6) is 0 Å². The van der Waals surface area contributed by atoms with Crippen LogP contribution in [0.25, 0.3) is 0 Å². The molecule has 0 spiro atoms. The Balaban J connectivity index is 0. The summed E-state index contributed by atoms with van der Waals surface area (Å²) in [7, 11) is 0. The smallest absolute Gasteiger partial charge is 2.00 e. The van der Waals surface area contributed by atoms with Crippen LogP contribution in [-0.4, -0.2) is 48.9 Å². The minimum atomic E-state index is 0. The quantitative estimate of drug-likeness (QED) is 0.502. The SMILES string of the molecule is [Ba+2].[O-2].[O-2].[Zn+2]. The van der Waals surface area contributed by atoms with Crippen LogP contribution in [0.1, 0.15) is 0 Å². The van der Waals surface area contributed by atoms with Gasteiger partial charge >= 0.3 is 68.4 Å². The second-order valence-electron chi connectivity index (χ2n) is 0. The Kier molecular flexibility index (Phi) is 173. The van der Waals surface area contributed by atoms with Gasteiger partial charge in [-0.2, -0.15) is 0 Å². The Morgan fingerprint density at radius 1 is 0.750 bits per heavy atom. The van der Waals surface area contributed by atoms with Crippen LogP contribution in [0.2, 0.25) is 0 Å². The summed E-state index contributed by atoms with van der Waals surface area (Å²) in [4.78, 5) is 0. The molecule has 0 N–H and O–H groups in total. The van der Waals surface area contributed by atoms with Gasteiger partial charge in [0.05, 0.1) is 0 Å². The molecule has 0 aliphatic carbocycles. The Morgan fingerprint density at radius 3 is 0.750 bits per heavy atom. The van der Waals surface area contributed by atoms with Crippen LogP contribution in [-0.2, 0) is 30.4 Å². The van der Waals surface area contributed by atoms with Gasteiger partial charge in [0.2, 0.25) is 0 Å². The Labute approximate surface area is 77.8 Å². The van der Waals surface area contributed by atoms with E-state index in [9.17, 15) is 0 Å². The van der Waals surface area contributed by atoms with Crippen LogP contribution in [0.4, 0.5) is 0 Å². The zero-order valence-electron chi connectivity index (χ0n) is 2.23. The largest absolute Gasteiger partial charge is 2.00 e. The normalized spacial score (nSPS) is 0. The second kappa shape index (κ2) is 19.4. The van der Waals surface area contributed by atoms with Crippen molar-refractivity contribution in [2.24, 2.45) is 0 Å². The van der Waals surface area contributed by atoms with Crippen molar-refractivity contribution in [2.75, 3.05) is 0 Å². The van der Waals surface area contributed by atoms with Gasteiger partial charge in [-0.3, -0.25) is 0 Å². The van der Waals surface area contributed by atoms with Crippen molar-refractivity contribution in [1.29, 1.82) is 0 Å². The molecular weight excluding hydrogens is 235 g/mol. The summed E-state index contributed by atoms with van der Waals surface area (Å²) < 4.78 is 0. The average Bonchev–Trinajstić information content (AvgIpc) is 0. The summed E-state index contributed by atoms with van der Waals surface area (Å²) in [5, 5.41) is 0. The molecule has 0 fully saturated rings. The maximum atomic E-state index is 0. The molecule has 0 amide bonds. The van der Waals surface area contributed by atoms with Crippen LogP contribution >= 0.6 is 0 Å². The third kappa shape index (κ3) is 8.93. The van der Waals surface area contributed by atoms with E-state index in [1.54, 1.807) is 0 Å². The molecule has 0 aliphatic heterocycles. The monoisotopic (exact) mass is 234 g/mol. The summed E-state index contributed by atoms with van der Waals surface area (Å²) >= 11 is 0. The van der Waals surface area contributed by atoms with Gasteiger partial charge in [0.25, 0.3) is 0 Å². The van der Waals surface area contributed by atoms with E-state index < -0.39 is 0 Å². The molecule has 0 aromatic heterocycles. The molecule has 16 valence electrons. The number of rotatable bonds is 0. The summed E-state index contributed by atoms with van der Waals surface area (Å²) in [5.41, 5.74) is 0.